The van der Waals surface area contributed by atoms with E-state index in [0.29, 0.717) is 44.0 Å². The number of likely N-dealkylation sites (tertiary alicyclic amines) is 1. The zero-order chi connectivity index (χ0) is 27.9. The van der Waals surface area contributed by atoms with Crippen LogP contribution in [-0.4, -0.2) is 81.8 Å². The lowest BCUT2D eigenvalue weighted by Gasteiger charge is -2.42. The number of piperidine rings is 1. The van der Waals surface area contributed by atoms with Crippen LogP contribution < -0.4 is 9.64 Å². The fraction of sp³-hybridized carbons (Fsp3) is 0.586. The number of carbonyl (C=O) groups excluding carboxylic acids is 1. The maximum absolute atomic E-state index is 12.6. The molecule has 0 radical (unpaired) electrons. The molecule has 0 spiro atoms. The van der Waals surface area contributed by atoms with Crippen LogP contribution >= 0.6 is 0 Å². The molecule has 39 heavy (non-hydrogen) atoms. The van der Waals surface area contributed by atoms with Crippen LogP contribution in [0.4, 0.5) is 10.6 Å². The first kappa shape index (κ1) is 27.2. The number of nitrogens with zero attached hydrogens (tertiary/aromatic N) is 6. The Morgan fingerprint density at radius 3 is 2.46 bits per heavy atom. The molecule has 0 N–H and O–H groups in total. The standard InChI is InChI=1S/C29H40N6O4/c1-19-14-21-17-30-35(25-16-24(31-26(32-25)37-7)34-12-13-38-18-29(34,5)6)23(21)15-22(19)20-8-10-33(11-9-20)27(36)39-28(2,3)4/h14-17,20H,8-13,18H2,1-7H3. The van der Waals surface area contributed by atoms with Gasteiger partial charge in [0.25, 0.3) is 0 Å². The van der Waals surface area contributed by atoms with Crippen LogP contribution in [0.15, 0.2) is 24.4 Å². The van der Waals surface area contributed by atoms with E-state index in [0.717, 1.165) is 36.1 Å². The number of hydrogen-bond donors (Lipinski definition) is 0. The van der Waals surface area contributed by atoms with E-state index in [1.165, 1.54) is 11.1 Å². The van der Waals surface area contributed by atoms with Crippen LogP contribution in [-0.2, 0) is 9.47 Å². The summed E-state index contributed by atoms with van der Waals surface area (Å²) >= 11 is 0. The van der Waals surface area contributed by atoms with Gasteiger partial charge in [-0.1, -0.05) is 0 Å². The molecule has 210 valence electrons. The first-order chi connectivity index (χ1) is 18.4. The first-order valence-electron chi connectivity index (χ1n) is 13.7. The zero-order valence-electron chi connectivity index (χ0n) is 24.2. The number of aryl methyl sites for hydroxylation is 1. The summed E-state index contributed by atoms with van der Waals surface area (Å²) in [5, 5.41) is 5.77. The average molecular weight is 537 g/mol. The molecule has 2 fully saturated rings. The summed E-state index contributed by atoms with van der Waals surface area (Å²) in [6.07, 6.45) is 3.42. The molecule has 3 aromatic rings. The minimum atomic E-state index is -0.491. The van der Waals surface area contributed by atoms with E-state index >= 15 is 0 Å². The summed E-state index contributed by atoms with van der Waals surface area (Å²) in [7, 11) is 1.58. The molecule has 10 nitrogen and oxygen atoms in total. The lowest BCUT2D eigenvalue weighted by molar-refractivity contribution is 0.0205. The van der Waals surface area contributed by atoms with Gasteiger partial charge in [-0.05, 0) is 83.6 Å². The second-order valence-electron chi connectivity index (χ2n) is 12.2. The van der Waals surface area contributed by atoms with Gasteiger partial charge in [0.15, 0.2) is 5.82 Å². The second-order valence-corrected chi connectivity index (χ2v) is 12.2. The lowest BCUT2D eigenvalue weighted by Crippen LogP contribution is -2.53. The van der Waals surface area contributed by atoms with Gasteiger partial charge in [-0.2, -0.15) is 15.1 Å². The number of fused-ring (bicyclic) bond motifs is 1. The Kier molecular flexibility index (Phi) is 7.17. The highest BCUT2D eigenvalue weighted by Crippen LogP contribution is 2.35. The van der Waals surface area contributed by atoms with Crippen molar-refractivity contribution in [3.8, 4) is 11.8 Å². The van der Waals surface area contributed by atoms with Crippen molar-refractivity contribution < 1.29 is 19.0 Å². The van der Waals surface area contributed by atoms with E-state index in [9.17, 15) is 4.79 Å². The molecule has 2 aromatic heterocycles. The van der Waals surface area contributed by atoms with Crippen LogP contribution in [0.2, 0.25) is 0 Å². The van der Waals surface area contributed by atoms with Gasteiger partial charge < -0.3 is 24.0 Å². The largest absolute Gasteiger partial charge is 0.467 e. The fourth-order valence-electron chi connectivity index (χ4n) is 5.55. The highest BCUT2D eigenvalue weighted by Gasteiger charge is 2.33. The fourth-order valence-corrected chi connectivity index (χ4v) is 5.55. The Bertz CT molecular complexity index is 1350. The molecule has 4 heterocycles. The molecule has 0 unspecified atom stereocenters. The van der Waals surface area contributed by atoms with Crippen molar-refractivity contribution in [2.45, 2.75) is 71.4 Å². The number of carbonyl (C=O) groups is 1. The maximum Gasteiger partial charge on any atom is 0.410 e. The smallest absolute Gasteiger partial charge is 0.410 e. The Balaban J connectivity index is 1.45. The summed E-state index contributed by atoms with van der Waals surface area (Å²) in [4.78, 5) is 25.9. The van der Waals surface area contributed by atoms with Gasteiger partial charge in [0.05, 0.1) is 37.6 Å². The Labute approximate surface area is 230 Å². The molecule has 0 saturated carbocycles. The monoisotopic (exact) mass is 536 g/mol. The molecule has 1 aromatic carbocycles. The van der Waals surface area contributed by atoms with Gasteiger partial charge in [-0.25, -0.2) is 9.48 Å². The molecule has 0 aliphatic carbocycles. The third-order valence-electron chi connectivity index (χ3n) is 7.54. The quantitative estimate of drug-likeness (QED) is 0.467. The van der Waals surface area contributed by atoms with Gasteiger partial charge in [0.1, 0.15) is 11.4 Å². The van der Waals surface area contributed by atoms with Gasteiger partial charge in [0, 0.05) is 31.1 Å². The average Bonchev–Trinajstić information content (AvgIpc) is 3.29. The van der Waals surface area contributed by atoms with Gasteiger partial charge in [0.2, 0.25) is 0 Å². The maximum atomic E-state index is 12.6. The minimum absolute atomic E-state index is 0.209. The van der Waals surface area contributed by atoms with Crippen molar-refractivity contribution in [2.75, 3.05) is 44.9 Å². The summed E-state index contributed by atoms with van der Waals surface area (Å²) in [6, 6.07) is 6.70. The van der Waals surface area contributed by atoms with Crippen molar-refractivity contribution in [2.24, 2.45) is 0 Å². The van der Waals surface area contributed by atoms with Gasteiger partial charge >= 0.3 is 12.1 Å². The zero-order valence-corrected chi connectivity index (χ0v) is 24.2. The van der Waals surface area contributed by atoms with Gasteiger partial charge in [-0.15, -0.1) is 0 Å². The third-order valence-corrected chi connectivity index (χ3v) is 7.54. The summed E-state index contributed by atoms with van der Waals surface area (Å²) in [6.45, 7) is 15.5. The number of aromatic nitrogens is 4. The highest BCUT2D eigenvalue weighted by atomic mass is 16.6. The van der Waals surface area contributed by atoms with Crippen molar-refractivity contribution in [1.82, 2.24) is 24.6 Å². The van der Waals surface area contributed by atoms with E-state index in [1.54, 1.807) is 7.11 Å². The molecular formula is C29H40N6O4. The molecule has 0 bridgehead atoms. The van der Waals surface area contributed by atoms with Crippen molar-refractivity contribution in [1.29, 1.82) is 0 Å². The van der Waals surface area contributed by atoms with Crippen molar-refractivity contribution in [3.05, 3.63) is 35.5 Å². The Morgan fingerprint density at radius 1 is 1.08 bits per heavy atom. The number of benzene rings is 1. The summed E-state index contributed by atoms with van der Waals surface area (Å²) in [5.41, 5.74) is 2.80. The van der Waals surface area contributed by atoms with Crippen LogP contribution in [0.3, 0.4) is 0 Å². The van der Waals surface area contributed by atoms with Crippen LogP contribution in [0.25, 0.3) is 16.7 Å². The summed E-state index contributed by atoms with van der Waals surface area (Å²) in [5.74, 6) is 1.79. The number of hydrogen-bond acceptors (Lipinski definition) is 8. The Morgan fingerprint density at radius 2 is 1.79 bits per heavy atom. The van der Waals surface area contributed by atoms with Crippen molar-refractivity contribution in [3.63, 3.8) is 0 Å². The number of methoxy groups -OCH3 is 1. The van der Waals surface area contributed by atoms with E-state index in [-0.39, 0.29) is 11.6 Å². The van der Waals surface area contributed by atoms with Gasteiger partial charge in [-0.3, -0.25) is 0 Å². The number of morpholine rings is 1. The molecule has 2 saturated heterocycles. The molecule has 1 amide bonds. The number of amides is 1. The molecule has 2 aliphatic rings. The van der Waals surface area contributed by atoms with Crippen LogP contribution in [0, 0.1) is 6.92 Å². The normalized spacial score (nSPS) is 18.4. The lowest BCUT2D eigenvalue weighted by atomic mass is 9.86. The first-order valence-corrected chi connectivity index (χ1v) is 13.7. The van der Waals surface area contributed by atoms with E-state index in [4.69, 9.17) is 19.3 Å². The topological polar surface area (TPSA) is 94.8 Å². The minimum Gasteiger partial charge on any atom is -0.467 e. The van der Waals surface area contributed by atoms with Crippen LogP contribution in [0.1, 0.15) is 64.5 Å². The van der Waals surface area contributed by atoms with E-state index in [2.05, 4.69) is 47.8 Å². The molecule has 5 rings (SSSR count). The molecule has 10 heteroatoms. The van der Waals surface area contributed by atoms with E-state index < -0.39 is 5.60 Å². The number of anilines is 1. The Hall–Kier alpha value is -3.40. The predicted octanol–water partition coefficient (Wildman–Crippen LogP) is 4.86. The third kappa shape index (κ3) is 5.66. The number of ether oxygens (including phenoxy) is 3. The molecule has 0 atom stereocenters. The second kappa shape index (κ2) is 10.3. The van der Waals surface area contributed by atoms with Crippen LogP contribution in [0.5, 0.6) is 6.01 Å². The SMILES string of the molecule is COc1nc(N2CCOCC2(C)C)cc(-n2ncc3cc(C)c(C4CCN(C(=O)OC(C)(C)C)CC4)cc32)n1. The molecular weight excluding hydrogens is 496 g/mol. The highest BCUT2D eigenvalue weighted by molar-refractivity contribution is 5.82. The number of rotatable bonds is 4. The summed E-state index contributed by atoms with van der Waals surface area (Å²) < 4.78 is 18.7. The molecule has 2 aliphatic heterocycles. The van der Waals surface area contributed by atoms with Crippen molar-refractivity contribution >= 4 is 22.8 Å². The van der Waals surface area contributed by atoms with E-state index in [1.807, 2.05) is 42.6 Å². The predicted molar refractivity (Wildman–Crippen MR) is 150 cm³/mol.